The van der Waals surface area contributed by atoms with Crippen molar-refractivity contribution in [3.63, 3.8) is 0 Å². The number of likely N-dealkylation sites (tertiary alicyclic amines) is 1. The smallest absolute Gasteiger partial charge is 0.341 e. The number of aryl methyl sites for hydroxylation is 1. The predicted molar refractivity (Wildman–Crippen MR) is 90.4 cm³/mol. The summed E-state index contributed by atoms with van der Waals surface area (Å²) in [7, 11) is 1.94. The third-order valence-electron chi connectivity index (χ3n) is 4.42. The molecule has 7 heteroatoms. The summed E-state index contributed by atoms with van der Waals surface area (Å²) in [5.74, 6) is -0.635. The summed E-state index contributed by atoms with van der Waals surface area (Å²) in [6.07, 6.45) is 6.56. The standard InChI is InChI=1S/C18H21N3O4/c1-20-12-19-10-16(20)15-4-2-3-9-21(15)18(24)13-5-7-14(8-6-13)25-11-17(22)23/h5-8,10,12,15H,2-4,9,11H2,1H3,(H,22,23). The normalized spacial score (nSPS) is 17.3. The molecular formula is C18H21N3O4. The molecule has 0 radical (unpaired) electrons. The van der Waals surface area contributed by atoms with Crippen LogP contribution in [0.5, 0.6) is 5.75 Å². The highest BCUT2D eigenvalue weighted by Gasteiger charge is 2.30. The lowest BCUT2D eigenvalue weighted by Gasteiger charge is -2.36. The zero-order chi connectivity index (χ0) is 17.8. The first-order valence-electron chi connectivity index (χ1n) is 8.28. The van der Waals surface area contributed by atoms with E-state index in [0.717, 1.165) is 25.0 Å². The largest absolute Gasteiger partial charge is 0.482 e. The third-order valence-corrected chi connectivity index (χ3v) is 4.42. The molecule has 1 aromatic carbocycles. The van der Waals surface area contributed by atoms with E-state index in [0.29, 0.717) is 17.9 Å². The predicted octanol–water partition coefficient (Wildman–Crippen LogP) is 2.25. The van der Waals surface area contributed by atoms with Crippen LogP contribution in [0, 0.1) is 0 Å². The van der Waals surface area contributed by atoms with Gasteiger partial charge in [0, 0.05) is 19.2 Å². The second-order valence-corrected chi connectivity index (χ2v) is 6.15. The Morgan fingerprint density at radius 3 is 2.68 bits per heavy atom. The topological polar surface area (TPSA) is 84.7 Å². The maximum atomic E-state index is 13.0. The highest BCUT2D eigenvalue weighted by Crippen LogP contribution is 2.31. The number of piperidine rings is 1. The van der Waals surface area contributed by atoms with Gasteiger partial charge >= 0.3 is 5.97 Å². The van der Waals surface area contributed by atoms with Gasteiger partial charge in [0.1, 0.15) is 5.75 Å². The summed E-state index contributed by atoms with van der Waals surface area (Å²) >= 11 is 0. The van der Waals surface area contributed by atoms with E-state index in [-0.39, 0.29) is 11.9 Å². The van der Waals surface area contributed by atoms with Crippen molar-refractivity contribution in [2.75, 3.05) is 13.2 Å². The molecule has 25 heavy (non-hydrogen) atoms. The van der Waals surface area contributed by atoms with Crippen LogP contribution in [-0.2, 0) is 11.8 Å². The number of carbonyl (C=O) groups is 2. The average molecular weight is 343 g/mol. The number of hydrogen-bond acceptors (Lipinski definition) is 4. The van der Waals surface area contributed by atoms with E-state index in [4.69, 9.17) is 9.84 Å². The molecule has 1 aliphatic heterocycles. The van der Waals surface area contributed by atoms with Crippen molar-refractivity contribution < 1.29 is 19.4 Å². The van der Waals surface area contributed by atoms with Crippen LogP contribution in [0.15, 0.2) is 36.8 Å². The Hall–Kier alpha value is -2.83. The van der Waals surface area contributed by atoms with Gasteiger partial charge in [0.05, 0.1) is 24.3 Å². The molecule has 1 aromatic heterocycles. The van der Waals surface area contributed by atoms with Crippen molar-refractivity contribution in [2.24, 2.45) is 7.05 Å². The lowest BCUT2D eigenvalue weighted by molar-refractivity contribution is -0.139. The van der Waals surface area contributed by atoms with Crippen molar-refractivity contribution in [1.82, 2.24) is 14.5 Å². The number of aliphatic carboxylic acids is 1. The maximum absolute atomic E-state index is 13.0. The van der Waals surface area contributed by atoms with Gasteiger partial charge in [-0.25, -0.2) is 9.78 Å². The zero-order valence-electron chi connectivity index (χ0n) is 14.1. The minimum atomic E-state index is -1.03. The number of amides is 1. The Morgan fingerprint density at radius 1 is 1.28 bits per heavy atom. The number of benzene rings is 1. The summed E-state index contributed by atoms with van der Waals surface area (Å²) in [6, 6.07) is 6.62. The number of rotatable bonds is 5. The van der Waals surface area contributed by atoms with E-state index in [1.165, 1.54) is 0 Å². The Labute approximate surface area is 145 Å². The monoisotopic (exact) mass is 343 g/mol. The van der Waals surface area contributed by atoms with Gasteiger partial charge in [-0.15, -0.1) is 0 Å². The molecule has 1 N–H and O–H groups in total. The molecule has 0 spiro atoms. The number of hydrogen-bond donors (Lipinski definition) is 1. The molecule has 0 aliphatic carbocycles. The lowest BCUT2D eigenvalue weighted by Crippen LogP contribution is -2.39. The van der Waals surface area contributed by atoms with Crippen LogP contribution in [0.4, 0.5) is 0 Å². The number of imidazole rings is 1. The third kappa shape index (κ3) is 3.81. The molecule has 1 amide bonds. The van der Waals surface area contributed by atoms with Crippen LogP contribution in [0.1, 0.15) is 41.4 Å². The number of ether oxygens (including phenoxy) is 1. The van der Waals surface area contributed by atoms with Crippen LogP contribution in [-0.4, -0.2) is 44.6 Å². The van der Waals surface area contributed by atoms with Gasteiger partial charge in [0.2, 0.25) is 0 Å². The van der Waals surface area contributed by atoms with Gasteiger partial charge in [-0.2, -0.15) is 0 Å². The summed E-state index contributed by atoms with van der Waals surface area (Å²) in [5.41, 5.74) is 1.60. The number of aromatic nitrogens is 2. The number of carboxylic acids is 1. The van der Waals surface area contributed by atoms with E-state index in [1.807, 2.05) is 22.7 Å². The molecule has 1 fully saturated rings. The fourth-order valence-electron chi connectivity index (χ4n) is 3.18. The van der Waals surface area contributed by atoms with Gasteiger partial charge < -0.3 is 19.3 Å². The minimum absolute atomic E-state index is 0.0247. The molecule has 1 atom stereocenters. The van der Waals surface area contributed by atoms with E-state index in [2.05, 4.69) is 4.98 Å². The molecule has 2 aromatic rings. The van der Waals surface area contributed by atoms with E-state index < -0.39 is 12.6 Å². The van der Waals surface area contributed by atoms with Gasteiger partial charge in [-0.05, 0) is 43.5 Å². The second-order valence-electron chi connectivity index (χ2n) is 6.15. The molecule has 1 unspecified atom stereocenters. The first-order chi connectivity index (χ1) is 12.1. The van der Waals surface area contributed by atoms with Gasteiger partial charge in [0.15, 0.2) is 6.61 Å². The SMILES string of the molecule is Cn1cncc1C1CCCCN1C(=O)c1ccc(OCC(=O)O)cc1. The van der Waals surface area contributed by atoms with Gasteiger partial charge in [-0.3, -0.25) is 4.79 Å². The summed E-state index contributed by atoms with van der Waals surface area (Å²) < 4.78 is 7.06. The minimum Gasteiger partial charge on any atom is -0.482 e. The fraction of sp³-hybridized carbons (Fsp3) is 0.389. The van der Waals surface area contributed by atoms with Gasteiger partial charge in [-0.1, -0.05) is 0 Å². The first kappa shape index (κ1) is 17.0. The molecule has 0 saturated carbocycles. The molecule has 2 heterocycles. The summed E-state index contributed by atoms with van der Waals surface area (Å²) in [5, 5.41) is 8.64. The van der Waals surface area contributed by atoms with Crippen LogP contribution in [0.2, 0.25) is 0 Å². The van der Waals surface area contributed by atoms with Gasteiger partial charge in [0.25, 0.3) is 5.91 Å². The molecule has 3 rings (SSSR count). The Bertz CT molecular complexity index is 754. The molecular weight excluding hydrogens is 322 g/mol. The number of nitrogens with zero attached hydrogens (tertiary/aromatic N) is 3. The van der Waals surface area contributed by atoms with Crippen LogP contribution in [0.25, 0.3) is 0 Å². The highest BCUT2D eigenvalue weighted by molar-refractivity contribution is 5.94. The highest BCUT2D eigenvalue weighted by atomic mass is 16.5. The number of carbonyl (C=O) groups excluding carboxylic acids is 1. The lowest BCUT2D eigenvalue weighted by atomic mass is 9.98. The molecule has 132 valence electrons. The van der Waals surface area contributed by atoms with E-state index in [1.54, 1.807) is 30.6 Å². The zero-order valence-corrected chi connectivity index (χ0v) is 14.1. The Morgan fingerprint density at radius 2 is 2.04 bits per heavy atom. The van der Waals surface area contributed by atoms with Crippen LogP contribution < -0.4 is 4.74 Å². The fourth-order valence-corrected chi connectivity index (χ4v) is 3.18. The van der Waals surface area contributed by atoms with E-state index >= 15 is 0 Å². The Balaban J connectivity index is 1.76. The maximum Gasteiger partial charge on any atom is 0.341 e. The van der Waals surface area contributed by atoms with Crippen LogP contribution in [0.3, 0.4) is 0 Å². The molecule has 7 nitrogen and oxygen atoms in total. The molecule has 0 bridgehead atoms. The molecule has 1 aliphatic rings. The Kier molecular flexibility index (Phi) is 5.02. The van der Waals surface area contributed by atoms with Crippen molar-refractivity contribution in [3.8, 4) is 5.75 Å². The van der Waals surface area contributed by atoms with Crippen molar-refractivity contribution in [3.05, 3.63) is 48.0 Å². The summed E-state index contributed by atoms with van der Waals surface area (Å²) in [6.45, 7) is 0.313. The average Bonchev–Trinajstić information content (AvgIpc) is 3.05. The van der Waals surface area contributed by atoms with Crippen molar-refractivity contribution in [2.45, 2.75) is 25.3 Å². The summed E-state index contributed by atoms with van der Waals surface area (Å²) in [4.78, 5) is 29.6. The van der Waals surface area contributed by atoms with Crippen molar-refractivity contribution in [1.29, 1.82) is 0 Å². The van der Waals surface area contributed by atoms with E-state index in [9.17, 15) is 9.59 Å². The first-order valence-corrected chi connectivity index (χ1v) is 8.28. The number of carboxylic acid groups (broad SMARTS) is 1. The molecule has 1 saturated heterocycles. The van der Waals surface area contributed by atoms with Crippen molar-refractivity contribution >= 4 is 11.9 Å². The second kappa shape index (κ2) is 7.38. The van der Waals surface area contributed by atoms with Crippen LogP contribution >= 0.6 is 0 Å². The quantitative estimate of drug-likeness (QED) is 0.900.